The number of ether oxygens (including phenoxy) is 4. The van der Waals surface area contributed by atoms with Crippen molar-refractivity contribution in [3.63, 3.8) is 0 Å². The molecule has 5 atom stereocenters. The zero-order valence-electron chi connectivity index (χ0n) is 19.3. The lowest BCUT2D eigenvalue weighted by atomic mass is 9.94. The second-order valence-electron chi connectivity index (χ2n) is 8.44. The lowest BCUT2D eigenvalue weighted by Gasteiger charge is -2.45. The van der Waals surface area contributed by atoms with Crippen molar-refractivity contribution in [3.05, 3.63) is 108 Å². The SMILES string of the molecule is C[C@@H]1OC(COI)[C@@H](OCc2ccccc2)C(OCc2ccccc2)C1OCc1ccccc1. The zero-order chi connectivity index (χ0) is 23.6. The first-order valence-corrected chi connectivity index (χ1v) is 12.5. The molecule has 3 aromatic rings. The van der Waals surface area contributed by atoms with Crippen LogP contribution in [0, 0.1) is 0 Å². The Balaban J connectivity index is 1.55. The van der Waals surface area contributed by atoms with Crippen LogP contribution >= 0.6 is 23.0 Å². The van der Waals surface area contributed by atoms with Crippen molar-refractivity contribution in [1.29, 1.82) is 0 Å². The van der Waals surface area contributed by atoms with Crippen LogP contribution in [0.4, 0.5) is 0 Å². The molecule has 0 amide bonds. The third-order valence-corrected chi connectivity index (χ3v) is 6.31. The Bertz CT molecular complexity index is 956. The highest BCUT2D eigenvalue weighted by Crippen LogP contribution is 2.30. The molecule has 0 saturated carbocycles. The van der Waals surface area contributed by atoms with Gasteiger partial charge < -0.3 is 22.0 Å². The summed E-state index contributed by atoms with van der Waals surface area (Å²) >= 11 is 1.91. The lowest BCUT2D eigenvalue weighted by molar-refractivity contribution is -0.264. The van der Waals surface area contributed by atoms with E-state index in [-0.39, 0.29) is 30.5 Å². The first kappa shape index (κ1) is 25.3. The Morgan fingerprint density at radius 3 is 1.47 bits per heavy atom. The van der Waals surface area contributed by atoms with Crippen LogP contribution in [0.1, 0.15) is 23.6 Å². The van der Waals surface area contributed by atoms with Crippen LogP contribution in [0.5, 0.6) is 0 Å². The molecule has 4 rings (SSSR count). The van der Waals surface area contributed by atoms with Crippen LogP contribution < -0.4 is 0 Å². The predicted molar refractivity (Wildman–Crippen MR) is 139 cm³/mol. The van der Waals surface area contributed by atoms with Gasteiger partial charge in [-0.05, 0) is 23.6 Å². The van der Waals surface area contributed by atoms with Gasteiger partial charge in [-0.25, -0.2) is 0 Å². The second kappa shape index (κ2) is 13.3. The topological polar surface area (TPSA) is 46.2 Å². The number of rotatable bonds is 11. The number of halogens is 1. The summed E-state index contributed by atoms with van der Waals surface area (Å²) in [4.78, 5) is 0. The van der Waals surface area contributed by atoms with E-state index in [4.69, 9.17) is 22.0 Å². The van der Waals surface area contributed by atoms with Crippen molar-refractivity contribution in [2.75, 3.05) is 6.61 Å². The molecule has 1 aliphatic rings. The molecule has 5 nitrogen and oxygen atoms in total. The largest absolute Gasteiger partial charge is 0.368 e. The van der Waals surface area contributed by atoms with Crippen molar-refractivity contribution in [2.45, 2.75) is 57.3 Å². The van der Waals surface area contributed by atoms with Gasteiger partial charge in [-0.3, -0.25) is 0 Å². The number of hydrogen-bond acceptors (Lipinski definition) is 5. The number of benzene rings is 3. The van der Waals surface area contributed by atoms with E-state index < -0.39 is 0 Å². The fraction of sp³-hybridized carbons (Fsp3) is 0.357. The average molecular weight is 574 g/mol. The van der Waals surface area contributed by atoms with Gasteiger partial charge in [0.1, 0.15) is 47.4 Å². The molecule has 1 saturated heterocycles. The highest BCUT2D eigenvalue weighted by molar-refractivity contribution is 14.1. The maximum absolute atomic E-state index is 6.53. The molecule has 3 aromatic carbocycles. The average Bonchev–Trinajstić information content (AvgIpc) is 2.88. The van der Waals surface area contributed by atoms with E-state index in [0.29, 0.717) is 26.4 Å². The maximum Gasteiger partial charge on any atom is 0.115 e. The lowest BCUT2D eigenvalue weighted by Crippen LogP contribution is -2.60. The van der Waals surface area contributed by atoms with E-state index in [0.717, 1.165) is 16.7 Å². The van der Waals surface area contributed by atoms with Crippen molar-refractivity contribution in [2.24, 2.45) is 0 Å². The molecule has 1 fully saturated rings. The van der Waals surface area contributed by atoms with Gasteiger partial charge in [0.15, 0.2) is 0 Å². The highest BCUT2D eigenvalue weighted by atomic mass is 127. The van der Waals surface area contributed by atoms with Gasteiger partial charge in [-0.15, -0.1) is 0 Å². The van der Waals surface area contributed by atoms with Crippen LogP contribution in [0.15, 0.2) is 91.0 Å². The molecule has 1 heterocycles. The molecule has 0 radical (unpaired) electrons. The molecule has 0 N–H and O–H groups in total. The summed E-state index contributed by atoms with van der Waals surface area (Å²) in [5, 5.41) is 0. The summed E-state index contributed by atoms with van der Waals surface area (Å²) in [5.41, 5.74) is 3.31. The van der Waals surface area contributed by atoms with Gasteiger partial charge in [0, 0.05) is 0 Å². The van der Waals surface area contributed by atoms with Crippen LogP contribution in [-0.2, 0) is 41.8 Å². The Morgan fingerprint density at radius 1 is 0.618 bits per heavy atom. The molecular weight excluding hydrogens is 543 g/mol. The van der Waals surface area contributed by atoms with E-state index in [2.05, 4.69) is 36.4 Å². The smallest absolute Gasteiger partial charge is 0.115 e. The fourth-order valence-corrected chi connectivity index (χ4v) is 4.57. The molecule has 0 aliphatic carbocycles. The van der Waals surface area contributed by atoms with Crippen molar-refractivity contribution < 1.29 is 22.0 Å². The molecule has 180 valence electrons. The van der Waals surface area contributed by atoms with Crippen LogP contribution in [-0.4, -0.2) is 37.1 Å². The molecule has 1 aliphatic heterocycles. The van der Waals surface area contributed by atoms with Crippen molar-refractivity contribution in [1.82, 2.24) is 0 Å². The normalized spacial score (nSPS) is 24.7. The summed E-state index contributed by atoms with van der Waals surface area (Å²) in [6, 6.07) is 30.5. The molecule has 0 spiro atoms. The monoisotopic (exact) mass is 574 g/mol. The van der Waals surface area contributed by atoms with Crippen LogP contribution in [0.2, 0.25) is 0 Å². The summed E-state index contributed by atoms with van der Waals surface area (Å²) in [5.74, 6) is 0. The van der Waals surface area contributed by atoms with E-state index in [1.165, 1.54) is 0 Å². The third kappa shape index (κ3) is 7.10. The van der Waals surface area contributed by atoms with Gasteiger partial charge >= 0.3 is 0 Å². The Hall–Kier alpha value is -1.81. The Morgan fingerprint density at radius 2 is 1.03 bits per heavy atom. The molecule has 0 bridgehead atoms. The number of hydrogen-bond donors (Lipinski definition) is 0. The van der Waals surface area contributed by atoms with Crippen molar-refractivity contribution in [3.8, 4) is 0 Å². The predicted octanol–water partition coefficient (Wildman–Crippen LogP) is 5.90. The van der Waals surface area contributed by atoms with E-state index in [9.17, 15) is 0 Å². The minimum Gasteiger partial charge on any atom is -0.368 e. The summed E-state index contributed by atoms with van der Waals surface area (Å²) < 4.78 is 31.2. The molecule has 6 heteroatoms. The highest BCUT2D eigenvalue weighted by Gasteiger charge is 2.46. The van der Waals surface area contributed by atoms with Gasteiger partial charge in [0.2, 0.25) is 0 Å². The van der Waals surface area contributed by atoms with E-state index >= 15 is 0 Å². The first-order chi connectivity index (χ1) is 16.7. The van der Waals surface area contributed by atoms with Gasteiger partial charge in [-0.1, -0.05) is 91.0 Å². The van der Waals surface area contributed by atoms with E-state index in [1.54, 1.807) is 0 Å². The molecular formula is C28H31IO5. The Kier molecular flexibility index (Phi) is 9.91. The van der Waals surface area contributed by atoms with E-state index in [1.807, 2.05) is 84.5 Å². The zero-order valence-corrected chi connectivity index (χ0v) is 21.5. The van der Waals surface area contributed by atoms with Gasteiger partial charge in [-0.2, -0.15) is 0 Å². The molecule has 34 heavy (non-hydrogen) atoms. The summed E-state index contributed by atoms with van der Waals surface area (Å²) in [7, 11) is 0. The minimum atomic E-state index is -0.351. The second-order valence-corrected chi connectivity index (χ2v) is 9.06. The van der Waals surface area contributed by atoms with Gasteiger partial charge in [0.25, 0.3) is 0 Å². The fourth-order valence-electron chi connectivity index (χ4n) is 4.21. The van der Waals surface area contributed by atoms with Gasteiger partial charge in [0.05, 0.1) is 32.5 Å². The Labute approximate surface area is 216 Å². The maximum atomic E-state index is 6.53. The minimum absolute atomic E-state index is 0.183. The summed E-state index contributed by atoms with van der Waals surface area (Å²) in [6.45, 7) is 3.83. The van der Waals surface area contributed by atoms with Crippen molar-refractivity contribution >= 4 is 23.0 Å². The standard InChI is InChI=1S/C28H31IO5/c1-21-26(30-17-22-11-5-2-6-12-22)28(32-19-24-15-9-4-10-16-24)27(25(34-21)20-33-29)31-18-23-13-7-3-8-14-23/h2-16,21,25-28H,17-20H2,1H3/t21-,25?,26?,27+,28?/m0/s1. The first-order valence-electron chi connectivity index (χ1n) is 11.6. The molecule has 0 aromatic heterocycles. The summed E-state index contributed by atoms with van der Waals surface area (Å²) in [6.07, 6.45) is -1.43. The molecule has 3 unspecified atom stereocenters. The third-order valence-electron chi connectivity index (χ3n) is 5.95. The van der Waals surface area contributed by atoms with Crippen LogP contribution in [0.3, 0.4) is 0 Å². The quantitative estimate of drug-likeness (QED) is 0.267. The van der Waals surface area contributed by atoms with Crippen LogP contribution in [0.25, 0.3) is 0 Å².